The molecule has 0 heterocycles. The van der Waals surface area contributed by atoms with E-state index in [2.05, 4.69) is 34.9 Å². The van der Waals surface area contributed by atoms with E-state index in [4.69, 9.17) is 14.2 Å². The number of hydrogen-bond acceptors (Lipinski definition) is 5. The Morgan fingerprint density at radius 3 is 2.03 bits per heavy atom. The molecule has 0 atom stereocenters. The molecule has 0 unspecified atom stereocenters. The quantitative estimate of drug-likeness (QED) is 0.379. The van der Waals surface area contributed by atoms with Gasteiger partial charge in [-0.15, -0.1) is 0 Å². The van der Waals surface area contributed by atoms with Gasteiger partial charge in [0, 0.05) is 18.5 Å². The fourth-order valence-electron chi connectivity index (χ4n) is 3.04. The third kappa shape index (κ3) is 8.32. The highest BCUT2D eigenvalue weighted by Gasteiger charge is 2.04. The summed E-state index contributed by atoms with van der Waals surface area (Å²) >= 11 is 0. The van der Waals surface area contributed by atoms with Gasteiger partial charge in [0.2, 0.25) is 5.91 Å². The Morgan fingerprint density at radius 2 is 1.38 bits per heavy atom. The Balaban J connectivity index is 1.34. The van der Waals surface area contributed by atoms with Gasteiger partial charge in [0.15, 0.2) is 0 Å². The minimum atomic E-state index is -0.126. The minimum absolute atomic E-state index is 0.126. The summed E-state index contributed by atoms with van der Waals surface area (Å²) in [5.41, 5.74) is 2.90. The van der Waals surface area contributed by atoms with Crippen molar-refractivity contribution in [2.45, 2.75) is 12.8 Å². The molecule has 2 N–H and O–H groups in total. The number of nitrogens with one attached hydrogen (secondary N) is 2. The van der Waals surface area contributed by atoms with Crippen molar-refractivity contribution in [1.29, 1.82) is 0 Å². The first-order valence-corrected chi connectivity index (χ1v) is 10.8. The van der Waals surface area contributed by atoms with Gasteiger partial charge in [-0.3, -0.25) is 4.79 Å². The molecule has 3 aromatic carbocycles. The minimum Gasteiger partial charge on any atom is -0.494 e. The van der Waals surface area contributed by atoms with Crippen molar-refractivity contribution in [2.75, 3.05) is 44.1 Å². The van der Waals surface area contributed by atoms with Gasteiger partial charge in [-0.2, -0.15) is 0 Å². The molecular formula is C26H30N2O4. The zero-order valence-corrected chi connectivity index (χ0v) is 18.4. The summed E-state index contributed by atoms with van der Waals surface area (Å²) < 4.78 is 16.3. The van der Waals surface area contributed by atoms with Gasteiger partial charge in [0.05, 0.1) is 19.8 Å². The highest BCUT2D eigenvalue weighted by molar-refractivity contribution is 5.93. The van der Waals surface area contributed by atoms with Gasteiger partial charge < -0.3 is 24.8 Å². The maximum atomic E-state index is 12.2. The summed E-state index contributed by atoms with van der Waals surface area (Å²) in [5, 5.41) is 5.98. The maximum absolute atomic E-state index is 12.2. The molecule has 1 amide bonds. The number of carbonyl (C=O) groups is 1. The van der Waals surface area contributed by atoms with Crippen LogP contribution in [0.25, 0.3) is 0 Å². The molecule has 0 aliphatic rings. The average Bonchev–Trinajstić information content (AvgIpc) is 2.83. The van der Waals surface area contributed by atoms with Crippen LogP contribution in [0.1, 0.15) is 12.0 Å². The molecule has 0 aromatic heterocycles. The van der Waals surface area contributed by atoms with Gasteiger partial charge in [-0.1, -0.05) is 30.3 Å². The number of methoxy groups -OCH3 is 1. The van der Waals surface area contributed by atoms with Gasteiger partial charge in [-0.05, 0) is 66.9 Å². The molecule has 0 saturated heterocycles. The van der Waals surface area contributed by atoms with E-state index in [-0.39, 0.29) is 12.5 Å². The highest BCUT2D eigenvalue weighted by Crippen LogP contribution is 2.17. The lowest BCUT2D eigenvalue weighted by molar-refractivity contribution is -0.114. The number of benzene rings is 3. The lowest BCUT2D eigenvalue weighted by Gasteiger charge is -2.10. The first kappa shape index (κ1) is 23.2. The molecule has 6 nitrogen and oxygen atoms in total. The summed E-state index contributed by atoms with van der Waals surface area (Å²) in [4.78, 5) is 12.2. The van der Waals surface area contributed by atoms with Gasteiger partial charge >= 0.3 is 0 Å². The molecule has 0 bridgehead atoms. The first-order chi connectivity index (χ1) is 15.7. The molecule has 0 radical (unpaired) electrons. The zero-order valence-electron chi connectivity index (χ0n) is 18.4. The number of amides is 1. The van der Waals surface area contributed by atoms with Crippen LogP contribution in [0, 0.1) is 0 Å². The predicted octanol–water partition coefficient (Wildman–Crippen LogP) is 4.77. The summed E-state index contributed by atoms with van der Waals surface area (Å²) in [5.74, 6) is 1.43. The summed E-state index contributed by atoms with van der Waals surface area (Å²) in [6, 6.07) is 25.3. The Kier molecular flexibility index (Phi) is 9.42. The molecular weight excluding hydrogens is 404 g/mol. The Bertz CT molecular complexity index is 928. The summed E-state index contributed by atoms with van der Waals surface area (Å²) in [7, 11) is 1.63. The van der Waals surface area contributed by atoms with Crippen LogP contribution in [0.5, 0.6) is 11.5 Å². The van der Waals surface area contributed by atoms with E-state index in [1.165, 1.54) is 5.56 Å². The van der Waals surface area contributed by atoms with E-state index >= 15 is 0 Å². The van der Waals surface area contributed by atoms with Gasteiger partial charge in [-0.25, -0.2) is 0 Å². The lowest BCUT2D eigenvalue weighted by Crippen LogP contribution is -2.21. The molecule has 0 fully saturated rings. The molecule has 32 heavy (non-hydrogen) atoms. The van der Waals surface area contributed by atoms with E-state index in [0.717, 1.165) is 35.7 Å². The smallest absolute Gasteiger partial charge is 0.243 e. The lowest BCUT2D eigenvalue weighted by atomic mass is 10.1. The van der Waals surface area contributed by atoms with Crippen molar-refractivity contribution in [3.05, 3.63) is 84.4 Å². The first-order valence-electron chi connectivity index (χ1n) is 10.8. The van der Waals surface area contributed by atoms with Crippen LogP contribution in [0.3, 0.4) is 0 Å². The van der Waals surface area contributed by atoms with Crippen molar-refractivity contribution in [3.8, 4) is 11.5 Å². The number of rotatable bonds is 13. The fraction of sp³-hybridized carbons (Fsp3) is 0.269. The topological polar surface area (TPSA) is 68.8 Å². The van der Waals surface area contributed by atoms with Crippen molar-refractivity contribution in [3.63, 3.8) is 0 Å². The van der Waals surface area contributed by atoms with E-state index in [1.807, 2.05) is 54.6 Å². The standard InChI is InChI=1S/C26H30N2O4/c1-30-18-19-32-25-15-11-23(12-16-25)28-26(29)20-27-22-9-13-24(14-10-22)31-17-5-8-21-6-3-2-4-7-21/h2-4,6-7,9-16,27H,5,8,17-20H2,1H3,(H,28,29). The largest absolute Gasteiger partial charge is 0.494 e. The number of aryl methyl sites for hydroxylation is 1. The number of anilines is 2. The molecule has 3 aromatic rings. The normalized spacial score (nSPS) is 10.4. The Labute approximate surface area is 189 Å². The third-order valence-corrected chi connectivity index (χ3v) is 4.72. The predicted molar refractivity (Wildman–Crippen MR) is 128 cm³/mol. The fourth-order valence-corrected chi connectivity index (χ4v) is 3.04. The van der Waals surface area contributed by atoms with E-state index < -0.39 is 0 Å². The number of carbonyl (C=O) groups excluding carboxylic acids is 1. The molecule has 0 saturated carbocycles. The molecule has 0 aliphatic heterocycles. The van der Waals surface area contributed by atoms with E-state index in [0.29, 0.717) is 19.8 Å². The van der Waals surface area contributed by atoms with Crippen molar-refractivity contribution >= 4 is 17.3 Å². The van der Waals surface area contributed by atoms with Crippen molar-refractivity contribution in [2.24, 2.45) is 0 Å². The summed E-state index contributed by atoms with van der Waals surface area (Å²) in [6.45, 7) is 1.86. The van der Waals surface area contributed by atoms with Crippen LogP contribution >= 0.6 is 0 Å². The average molecular weight is 435 g/mol. The van der Waals surface area contributed by atoms with Crippen LogP contribution in [0.15, 0.2) is 78.9 Å². The Hall–Kier alpha value is -3.51. The second-order valence-electron chi connectivity index (χ2n) is 7.23. The second-order valence-corrected chi connectivity index (χ2v) is 7.23. The van der Waals surface area contributed by atoms with Gasteiger partial charge in [0.25, 0.3) is 0 Å². The Morgan fingerprint density at radius 1 is 0.750 bits per heavy atom. The van der Waals surface area contributed by atoms with Crippen LogP contribution < -0.4 is 20.1 Å². The number of ether oxygens (including phenoxy) is 3. The van der Waals surface area contributed by atoms with E-state index in [1.54, 1.807) is 7.11 Å². The highest BCUT2D eigenvalue weighted by atomic mass is 16.5. The third-order valence-electron chi connectivity index (χ3n) is 4.72. The molecule has 0 spiro atoms. The van der Waals surface area contributed by atoms with Crippen molar-refractivity contribution < 1.29 is 19.0 Å². The number of hydrogen-bond donors (Lipinski definition) is 2. The second kappa shape index (κ2) is 13.0. The maximum Gasteiger partial charge on any atom is 0.243 e. The van der Waals surface area contributed by atoms with Crippen molar-refractivity contribution in [1.82, 2.24) is 0 Å². The van der Waals surface area contributed by atoms with E-state index in [9.17, 15) is 4.79 Å². The summed E-state index contributed by atoms with van der Waals surface area (Å²) in [6.07, 6.45) is 1.96. The SMILES string of the molecule is COCCOc1ccc(NC(=O)CNc2ccc(OCCCc3ccccc3)cc2)cc1. The monoisotopic (exact) mass is 434 g/mol. The van der Waals surface area contributed by atoms with Gasteiger partial charge in [0.1, 0.15) is 18.1 Å². The molecule has 168 valence electrons. The molecule has 6 heteroatoms. The van der Waals surface area contributed by atoms with Crippen LogP contribution in [0.2, 0.25) is 0 Å². The molecule has 0 aliphatic carbocycles. The van der Waals surface area contributed by atoms with Crippen LogP contribution in [0.4, 0.5) is 11.4 Å². The molecule has 3 rings (SSSR count). The van der Waals surface area contributed by atoms with Crippen LogP contribution in [-0.4, -0.2) is 39.4 Å². The van der Waals surface area contributed by atoms with Crippen LogP contribution in [-0.2, 0) is 16.0 Å². The zero-order chi connectivity index (χ0) is 22.4.